The van der Waals surface area contributed by atoms with Crippen LogP contribution in [0.4, 0.5) is 11.6 Å². The van der Waals surface area contributed by atoms with Gasteiger partial charge in [0.1, 0.15) is 12.4 Å². The summed E-state index contributed by atoms with van der Waals surface area (Å²) in [5.74, 6) is 0.985. The van der Waals surface area contributed by atoms with Crippen LogP contribution in [0.15, 0.2) is 36.4 Å². The van der Waals surface area contributed by atoms with E-state index in [2.05, 4.69) is 35.9 Å². The number of imidazole rings is 1. The summed E-state index contributed by atoms with van der Waals surface area (Å²) >= 11 is 6.23. The largest absolute Gasteiger partial charge is 0.495 e. The molecule has 1 heterocycles. The molecule has 0 aliphatic rings. The summed E-state index contributed by atoms with van der Waals surface area (Å²) < 4.78 is 12.9. The Labute approximate surface area is 200 Å². The minimum absolute atomic E-state index is 0.251. The van der Waals surface area contributed by atoms with E-state index in [1.165, 1.54) is 12.5 Å². The van der Waals surface area contributed by atoms with E-state index in [0.29, 0.717) is 23.3 Å². The number of hydrogen-bond acceptors (Lipinski definition) is 5. The van der Waals surface area contributed by atoms with Crippen molar-refractivity contribution in [1.29, 1.82) is 0 Å². The molecule has 0 bridgehead atoms. The molecule has 0 atom stereocenters. The van der Waals surface area contributed by atoms with Crippen LogP contribution in [-0.4, -0.2) is 29.2 Å². The Morgan fingerprint density at radius 2 is 2.06 bits per heavy atom. The second-order valence-corrected chi connectivity index (χ2v) is 8.35. The first-order valence-corrected chi connectivity index (χ1v) is 11.7. The highest BCUT2D eigenvalue weighted by Crippen LogP contribution is 2.36. The number of nitrogens with one attached hydrogen (secondary N) is 1. The number of fused-ring (bicyclic) bond motifs is 1. The van der Waals surface area contributed by atoms with Crippen LogP contribution < -0.4 is 10.1 Å². The van der Waals surface area contributed by atoms with E-state index in [9.17, 15) is 4.79 Å². The van der Waals surface area contributed by atoms with Crippen LogP contribution in [-0.2, 0) is 16.1 Å². The molecule has 0 saturated heterocycles. The van der Waals surface area contributed by atoms with Crippen LogP contribution in [0.25, 0.3) is 16.6 Å². The van der Waals surface area contributed by atoms with Gasteiger partial charge in [0.15, 0.2) is 0 Å². The number of anilines is 2. The number of nitrogens with zero attached hydrogens (tertiary/aromatic N) is 2. The zero-order valence-corrected chi connectivity index (χ0v) is 20.8. The molecule has 176 valence electrons. The molecule has 0 saturated carbocycles. The topological polar surface area (TPSA) is 65.4 Å². The van der Waals surface area contributed by atoms with Gasteiger partial charge in [-0.05, 0) is 43.0 Å². The number of esters is 1. The molecule has 33 heavy (non-hydrogen) atoms. The molecule has 1 N–H and O–H groups in total. The van der Waals surface area contributed by atoms with Crippen LogP contribution in [0, 0.1) is 6.92 Å². The van der Waals surface area contributed by atoms with Crippen molar-refractivity contribution < 1.29 is 14.3 Å². The predicted molar refractivity (Wildman–Crippen MR) is 136 cm³/mol. The number of carbonyl (C=O) groups is 1. The summed E-state index contributed by atoms with van der Waals surface area (Å²) in [6.07, 6.45) is 5.27. The zero-order chi connectivity index (χ0) is 24.0. The summed E-state index contributed by atoms with van der Waals surface area (Å²) in [5, 5.41) is 4.06. The molecule has 0 spiro atoms. The van der Waals surface area contributed by atoms with E-state index in [1.54, 1.807) is 13.2 Å². The van der Waals surface area contributed by atoms with Crippen molar-refractivity contribution in [2.24, 2.45) is 0 Å². The number of aryl methyl sites for hydroxylation is 1. The lowest BCUT2D eigenvalue weighted by Gasteiger charge is -2.17. The Balaban J connectivity index is 2.18. The van der Waals surface area contributed by atoms with E-state index in [4.69, 9.17) is 26.1 Å². The number of hydrogen-bond donors (Lipinski definition) is 1. The molecule has 0 aliphatic heterocycles. The van der Waals surface area contributed by atoms with E-state index in [0.717, 1.165) is 47.1 Å². The highest BCUT2D eigenvalue weighted by atomic mass is 35.5. The van der Waals surface area contributed by atoms with Gasteiger partial charge in [0.25, 0.3) is 0 Å². The zero-order valence-electron chi connectivity index (χ0n) is 20.0. The number of benzene rings is 2. The number of carbonyl (C=O) groups excluding carboxylic acids is 1. The van der Waals surface area contributed by atoms with E-state index < -0.39 is 0 Å². The fraction of sp³-hybridized carbons (Fsp3) is 0.385. The first-order chi connectivity index (χ1) is 15.9. The van der Waals surface area contributed by atoms with Gasteiger partial charge < -0.3 is 19.4 Å². The number of allylic oxidation sites excluding steroid dienone is 2. The number of methoxy groups -OCH3 is 1. The number of aromatic nitrogens is 2. The number of halogens is 1. The van der Waals surface area contributed by atoms with Gasteiger partial charge in [0, 0.05) is 23.6 Å². The summed E-state index contributed by atoms with van der Waals surface area (Å²) in [5.41, 5.74) is 6.08. The maximum atomic E-state index is 11.4. The minimum atomic E-state index is -0.304. The van der Waals surface area contributed by atoms with E-state index in [1.807, 2.05) is 25.1 Å². The summed E-state index contributed by atoms with van der Waals surface area (Å²) in [6.45, 7) is 8.44. The average Bonchev–Trinajstić information content (AvgIpc) is 3.12. The lowest BCUT2D eigenvalue weighted by Crippen LogP contribution is -2.12. The SMILES string of the molecule is CC/C=C(/CCC)c1cccc2nc(Nc3c(C)cc(Cl)cc3OC)n(CCOC(C)=O)c12. The van der Waals surface area contributed by atoms with E-state index >= 15 is 0 Å². The van der Waals surface area contributed by atoms with Crippen LogP contribution >= 0.6 is 11.6 Å². The summed E-state index contributed by atoms with van der Waals surface area (Å²) in [4.78, 5) is 16.3. The lowest BCUT2D eigenvalue weighted by molar-refractivity contribution is -0.141. The van der Waals surface area contributed by atoms with Gasteiger partial charge in [-0.3, -0.25) is 4.79 Å². The van der Waals surface area contributed by atoms with Crippen molar-refractivity contribution in [1.82, 2.24) is 9.55 Å². The highest BCUT2D eigenvalue weighted by Gasteiger charge is 2.19. The molecule has 2 aromatic carbocycles. The second-order valence-electron chi connectivity index (χ2n) is 7.91. The molecule has 0 amide bonds. The number of rotatable bonds is 10. The molecule has 1 aromatic heterocycles. The van der Waals surface area contributed by atoms with Crippen molar-refractivity contribution in [3.8, 4) is 5.75 Å². The molecule has 3 aromatic rings. The molecule has 6 nitrogen and oxygen atoms in total. The van der Waals surface area contributed by atoms with Gasteiger partial charge in [-0.25, -0.2) is 4.98 Å². The molecule has 0 radical (unpaired) electrons. The molecular weight excluding hydrogens is 438 g/mol. The molecule has 0 aliphatic carbocycles. The smallest absolute Gasteiger partial charge is 0.302 e. The quantitative estimate of drug-likeness (QED) is 0.327. The third-order valence-corrected chi connectivity index (χ3v) is 5.64. The fourth-order valence-electron chi connectivity index (χ4n) is 4.05. The van der Waals surface area contributed by atoms with Crippen molar-refractivity contribution in [3.05, 3.63) is 52.6 Å². The molecule has 3 rings (SSSR count). The first-order valence-electron chi connectivity index (χ1n) is 11.3. The van der Waals surface area contributed by atoms with Gasteiger partial charge in [-0.1, -0.05) is 50.1 Å². The lowest BCUT2D eigenvalue weighted by atomic mass is 9.99. The molecule has 0 unspecified atom stereocenters. The second kappa shape index (κ2) is 11.2. The number of para-hydroxylation sites is 1. The molecular formula is C26H32ClN3O3. The Hall–Kier alpha value is -2.99. The minimum Gasteiger partial charge on any atom is -0.495 e. The maximum Gasteiger partial charge on any atom is 0.302 e. The van der Waals surface area contributed by atoms with E-state index in [-0.39, 0.29) is 12.6 Å². The van der Waals surface area contributed by atoms with Crippen LogP contribution in [0.1, 0.15) is 51.2 Å². The van der Waals surface area contributed by atoms with Gasteiger partial charge in [0.05, 0.1) is 30.4 Å². The molecule has 0 fully saturated rings. The Morgan fingerprint density at radius 1 is 1.27 bits per heavy atom. The Kier molecular flexibility index (Phi) is 8.39. The summed E-state index contributed by atoms with van der Waals surface area (Å²) in [6, 6.07) is 9.85. The maximum absolute atomic E-state index is 11.4. The third kappa shape index (κ3) is 5.69. The van der Waals surface area contributed by atoms with Crippen molar-refractivity contribution >= 4 is 45.8 Å². The van der Waals surface area contributed by atoms with Crippen LogP contribution in [0.5, 0.6) is 5.75 Å². The van der Waals surface area contributed by atoms with Crippen molar-refractivity contribution in [3.63, 3.8) is 0 Å². The predicted octanol–water partition coefficient (Wildman–Crippen LogP) is 6.91. The summed E-state index contributed by atoms with van der Waals surface area (Å²) in [7, 11) is 1.62. The normalized spacial score (nSPS) is 11.6. The van der Waals surface area contributed by atoms with Crippen LogP contribution in [0.2, 0.25) is 5.02 Å². The standard InChI is InChI=1S/C26H32ClN3O3/c1-6-9-19(10-7-2)21-11-8-12-22-25(21)30(13-14-33-18(4)31)26(28-22)29-24-17(3)15-20(27)16-23(24)32-5/h8-9,11-12,15-16H,6-7,10,13-14H2,1-5H3,(H,28,29)/b19-9-. The van der Waals surface area contributed by atoms with Gasteiger partial charge in [-0.2, -0.15) is 0 Å². The van der Waals surface area contributed by atoms with Gasteiger partial charge in [0.2, 0.25) is 5.95 Å². The first kappa shape index (κ1) is 24.6. The average molecular weight is 470 g/mol. The van der Waals surface area contributed by atoms with Gasteiger partial charge >= 0.3 is 5.97 Å². The number of ether oxygens (including phenoxy) is 2. The highest BCUT2D eigenvalue weighted by molar-refractivity contribution is 6.31. The van der Waals surface area contributed by atoms with Crippen LogP contribution in [0.3, 0.4) is 0 Å². The Bertz CT molecular complexity index is 1170. The Morgan fingerprint density at radius 3 is 2.73 bits per heavy atom. The third-order valence-electron chi connectivity index (χ3n) is 5.42. The molecule has 7 heteroatoms. The van der Waals surface area contributed by atoms with Gasteiger partial charge in [-0.15, -0.1) is 0 Å². The monoisotopic (exact) mass is 469 g/mol. The van der Waals surface area contributed by atoms with Crippen molar-refractivity contribution in [2.75, 3.05) is 19.0 Å². The van der Waals surface area contributed by atoms with Crippen molar-refractivity contribution in [2.45, 2.75) is 53.5 Å². The fourth-order valence-corrected chi connectivity index (χ4v) is 4.31.